The predicted molar refractivity (Wildman–Crippen MR) is 79.9 cm³/mol. The molecule has 1 rings (SSSR count). The highest BCUT2D eigenvalue weighted by molar-refractivity contribution is 5.67. The van der Waals surface area contributed by atoms with Gasteiger partial charge < -0.3 is 20.1 Å². The zero-order valence-electron chi connectivity index (χ0n) is 12.4. The molecule has 0 heterocycles. The molecule has 0 unspecified atom stereocenters. The number of ether oxygens (including phenoxy) is 2. The first kappa shape index (κ1) is 16.3. The summed E-state index contributed by atoms with van der Waals surface area (Å²) < 4.78 is 10.4. The Kier molecular flexibility index (Phi) is 7.50. The average molecular weight is 280 g/mol. The van der Waals surface area contributed by atoms with Gasteiger partial charge in [0, 0.05) is 18.8 Å². The van der Waals surface area contributed by atoms with Crippen LogP contribution in [-0.4, -0.2) is 31.9 Å². The van der Waals surface area contributed by atoms with Crippen LogP contribution in [0.2, 0.25) is 0 Å². The zero-order chi connectivity index (χ0) is 14.8. The van der Waals surface area contributed by atoms with E-state index in [4.69, 9.17) is 9.47 Å². The summed E-state index contributed by atoms with van der Waals surface area (Å²) in [6, 6.07) is 7.81. The Morgan fingerprint density at radius 3 is 2.55 bits per heavy atom. The smallest absolute Gasteiger partial charge is 0.407 e. The van der Waals surface area contributed by atoms with E-state index in [2.05, 4.69) is 10.6 Å². The molecule has 0 spiro atoms. The van der Waals surface area contributed by atoms with Crippen LogP contribution in [0, 0.1) is 0 Å². The fourth-order valence-electron chi connectivity index (χ4n) is 1.57. The molecule has 0 aromatic heterocycles. The molecule has 0 saturated heterocycles. The van der Waals surface area contributed by atoms with E-state index >= 15 is 0 Å². The molecule has 0 aliphatic carbocycles. The summed E-state index contributed by atoms with van der Waals surface area (Å²) in [7, 11) is 0. The van der Waals surface area contributed by atoms with E-state index in [1.165, 1.54) is 0 Å². The number of anilines is 1. The minimum atomic E-state index is -0.423. The summed E-state index contributed by atoms with van der Waals surface area (Å²) in [6.07, 6.45) is -0.254. The van der Waals surface area contributed by atoms with E-state index in [0.717, 1.165) is 17.8 Å². The van der Waals surface area contributed by atoms with Crippen LogP contribution in [0.15, 0.2) is 24.3 Å². The number of nitrogens with one attached hydrogen (secondary N) is 2. The maximum absolute atomic E-state index is 11.4. The monoisotopic (exact) mass is 280 g/mol. The molecule has 5 nitrogen and oxygen atoms in total. The normalized spacial score (nSPS) is 10.4. The van der Waals surface area contributed by atoms with Crippen LogP contribution < -0.4 is 10.6 Å². The van der Waals surface area contributed by atoms with Gasteiger partial charge in [-0.05, 0) is 38.5 Å². The van der Waals surface area contributed by atoms with Gasteiger partial charge in [-0.2, -0.15) is 0 Å². The minimum absolute atomic E-state index is 0.170. The standard InChI is InChI=1S/C15H24N2O3/c1-4-16-14-7-5-13(6-8-14)11-20-15(18)17-9-10-19-12(2)3/h5-8,12,16H,4,9-11H2,1-3H3,(H,17,18). The molecule has 1 aromatic rings. The van der Waals surface area contributed by atoms with Crippen LogP contribution in [0.4, 0.5) is 10.5 Å². The second-order valence-corrected chi connectivity index (χ2v) is 4.65. The molecule has 0 bridgehead atoms. The number of benzene rings is 1. The van der Waals surface area contributed by atoms with Crippen molar-refractivity contribution in [3.8, 4) is 0 Å². The van der Waals surface area contributed by atoms with Gasteiger partial charge in [-0.15, -0.1) is 0 Å². The minimum Gasteiger partial charge on any atom is -0.445 e. The summed E-state index contributed by atoms with van der Waals surface area (Å²) in [5.74, 6) is 0. The molecule has 1 aromatic carbocycles. The quantitative estimate of drug-likeness (QED) is 0.719. The van der Waals surface area contributed by atoms with Gasteiger partial charge in [0.05, 0.1) is 12.7 Å². The first-order valence-corrected chi connectivity index (χ1v) is 6.97. The van der Waals surface area contributed by atoms with Crippen molar-refractivity contribution in [2.75, 3.05) is 25.0 Å². The van der Waals surface area contributed by atoms with E-state index in [1.807, 2.05) is 45.0 Å². The molecular weight excluding hydrogens is 256 g/mol. The van der Waals surface area contributed by atoms with Gasteiger partial charge in [0.15, 0.2) is 0 Å². The Bertz CT molecular complexity index is 391. The summed E-state index contributed by atoms with van der Waals surface area (Å²) in [4.78, 5) is 11.4. The van der Waals surface area contributed by atoms with Gasteiger partial charge in [0.25, 0.3) is 0 Å². The van der Waals surface area contributed by atoms with Crippen LogP contribution in [0.1, 0.15) is 26.3 Å². The molecule has 112 valence electrons. The van der Waals surface area contributed by atoms with Crippen LogP contribution in [0.3, 0.4) is 0 Å². The van der Waals surface area contributed by atoms with Gasteiger partial charge >= 0.3 is 6.09 Å². The maximum atomic E-state index is 11.4. The largest absolute Gasteiger partial charge is 0.445 e. The van der Waals surface area contributed by atoms with Gasteiger partial charge in [-0.25, -0.2) is 4.79 Å². The summed E-state index contributed by atoms with van der Waals surface area (Å²) in [6.45, 7) is 8.05. The Morgan fingerprint density at radius 1 is 1.25 bits per heavy atom. The fraction of sp³-hybridized carbons (Fsp3) is 0.533. The highest BCUT2D eigenvalue weighted by Crippen LogP contribution is 2.09. The van der Waals surface area contributed by atoms with E-state index < -0.39 is 6.09 Å². The number of alkyl carbamates (subject to hydrolysis) is 1. The topological polar surface area (TPSA) is 59.6 Å². The lowest BCUT2D eigenvalue weighted by Gasteiger charge is -2.09. The number of hydrogen-bond acceptors (Lipinski definition) is 4. The third-order valence-electron chi connectivity index (χ3n) is 2.53. The van der Waals surface area contributed by atoms with Crippen molar-refractivity contribution in [1.29, 1.82) is 0 Å². The second kappa shape index (κ2) is 9.20. The lowest BCUT2D eigenvalue weighted by atomic mass is 10.2. The molecule has 5 heteroatoms. The molecule has 0 fully saturated rings. The number of carbonyl (C=O) groups is 1. The van der Waals surface area contributed by atoms with Crippen LogP contribution in [-0.2, 0) is 16.1 Å². The lowest BCUT2D eigenvalue weighted by Crippen LogP contribution is -2.28. The molecule has 1 amide bonds. The zero-order valence-corrected chi connectivity index (χ0v) is 12.4. The van der Waals surface area contributed by atoms with Crippen molar-refractivity contribution in [2.45, 2.75) is 33.5 Å². The first-order chi connectivity index (χ1) is 9.61. The molecule has 0 aliphatic heterocycles. The van der Waals surface area contributed by atoms with E-state index in [0.29, 0.717) is 13.2 Å². The van der Waals surface area contributed by atoms with E-state index in [-0.39, 0.29) is 12.7 Å². The van der Waals surface area contributed by atoms with Gasteiger partial charge in [0.1, 0.15) is 6.61 Å². The van der Waals surface area contributed by atoms with E-state index in [9.17, 15) is 4.79 Å². The van der Waals surface area contributed by atoms with Crippen molar-refractivity contribution in [3.05, 3.63) is 29.8 Å². The molecule has 0 radical (unpaired) electrons. The van der Waals surface area contributed by atoms with Crippen LogP contribution >= 0.6 is 0 Å². The highest BCUT2D eigenvalue weighted by Gasteiger charge is 2.02. The Morgan fingerprint density at radius 2 is 1.95 bits per heavy atom. The Balaban J connectivity index is 2.20. The second-order valence-electron chi connectivity index (χ2n) is 4.65. The third kappa shape index (κ3) is 6.99. The maximum Gasteiger partial charge on any atom is 0.407 e. The molecular formula is C15H24N2O3. The number of amides is 1. The van der Waals surface area contributed by atoms with Gasteiger partial charge in [-0.3, -0.25) is 0 Å². The third-order valence-corrected chi connectivity index (χ3v) is 2.53. The van der Waals surface area contributed by atoms with Crippen LogP contribution in [0.25, 0.3) is 0 Å². The van der Waals surface area contributed by atoms with Crippen LogP contribution in [0.5, 0.6) is 0 Å². The van der Waals surface area contributed by atoms with Crippen molar-refractivity contribution >= 4 is 11.8 Å². The van der Waals surface area contributed by atoms with Crippen molar-refractivity contribution in [3.63, 3.8) is 0 Å². The molecule has 0 aliphatic rings. The Hall–Kier alpha value is -1.75. The summed E-state index contributed by atoms with van der Waals surface area (Å²) >= 11 is 0. The summed E-state index contributed by atoms with van der Waals surface area (Å²) in [5.41, 5.74) is 2.02. The van der Waals surface area contributed by atoms with Crippen molar-refractivity contribution in [2.24, 2.45) is 0 Å². The molecule has 20 heavy (non-hydrogen) atoms. The number of rotatable bonds is 8. The Labute approximate surface area is 120 Å². The number of hydrogen-bond donors (Lipinski definition) is 2. The van der Waals surface area contributed by atoms with Crippen molar-refractivity contribution in [1.82, 2.24) is 5.32 Å². The van der Waals surface area contributed by atoms with E-state index in [1.54, 1.807) is 0 Å². The molecule has 2 N–H and O–H groups in total. The fourth-order valence-corrected chi connectivity index (χ4v) is 1.57. The lowest BCUT2D eigenvalue weighted by molar-refractivity contribution is 0.0775. The molecule has 0 atom stereocenters. The SMILES string of the molecule is CCNc1ccc(COC(=O)NCCOC(C)C)cc1. The average Bonchev–Trinajstić information content (AvgIpc) is 2.43. The number of carbonyl (C=O) groups excluding carboxylic acids is 1. The highest BCUT2D eigenvalue weighted by atomic mass is 16.5. The van der Waals surface area contributed by atoms with Gasteiger partial charge in [0.2, 0.25) is 0 Å². The molecule has 0 saturated carbocycles. The first-order valence-electron chi connectivity index (χ1n) is 6.97. The van der Waals surface area contributed by atoms with Gasteiger partial charge in [-0.1, -0.05) is 12.1 Å². The van der Waals surface area contributed by atoms with Crippen molar-refractivity contribution < 1.29 is 14.3 Å². The predicted octanol–water partition coefficient (Wildman–Crippen LogP) is 2.77. The summed E-state index contributed by atoms with van der Waals surface area (Å²) in [5, 5.41) is 5.85.